The molecular formula is C13H15N5OS. The van der Waals surface area contributed by atoms with Gasteiger partial charge in [0.05, 0.1) is 16.3 Å². The van der Waals surface area contributed by atoms with Gasteiger partial charge in [-0.25, -0.2) is 0 Å². The number of thiophene rings is 1. The molecule has 0 saturated carbocycles. The number of nitrogens with zero attached hydrogens (tertiary/aromatic N) is 3. The zero-order valence-corrected chi connectivity index (χ0v) is 12.3. The maximum atomic E-state index is 11.5. The monoisotopic (exact) mass is 289 g/mol. The maximum Gasteiger partial charge on any atom is 0.171 e. The van der Waals surface area contributed by atoms with Crippen LogP contribution >= 0.6 is 11.3 Å². The smallest absolute Gasteiger partial charge is 0.171 e. The summed E-state index contributed by atoms with van der Waals surface area (Å²) in [5, 5.41) is 17.2. The normalized spacial score (nSPS) is 10.3. The van der Waals surface area contributed by atoms with Crippen LogP contribution in [-0.4, -0.2) is 15.6 Å². The maximum absolute atomic E-state index is 11.5. The molecule has 7 heteroatoms. The van der Waals surface area contributed by atoms with Crippen LogP contribution < -0.4 is 11.1 Å². The number of hydrogen-bond donors (Lipinski definition) is 2. The summed E-state index contributed by atoms with van der Waals surface area (Å²) in [6.45, 7) is 3.90. The van der Waals surface area contributed by atoms with E-state index in [2.05, 4.69) is 10.4 Å². The number of nitrogens with two attached hydrogens (primary N) is 1. The lowest BCUT2D eigenvalue weighted by molar-refractivity contribution is 0.102. The molecule has 0 aromatic carbocycles. The minimum absolute atomic E-state index is 0.130. The Balaban J connectivity index is 2.26. The summed E-state index contributed by atoms with van der Waals surface area (Å²) in [6.07, 6.45) is 1.91. The summed E-state index contributed by atoms with van der Waals surface area (Å²) in [4.78, 5) is 11.9. The zero-order valence-electron chi connectivity index (χ0n) is 11.5. The molecule has 0 aliphatic heterocycles. The molecule has 0 aliphatic carbocycles. The van der Waals surface area contributed by atoms with Crippen molar-refractivity contribution >= 4 is 27.8 Å². The van der Waals surface area contributed by atoms with Crippen LogP contribution in [-0.2, 0) is 13.6 Å². The fourth-order valence-electron chi connectivity index (χ4n) is 1.94. The molecule has 2 heterocycles. The summed E-state index contributed by atoms with van der Waals surface area (Å²) < 4.78 is 1.74. The second-order valence-electron chi connectivity index (χ2n) is 4.48. The van der Waals surface area contributed by atoms with Crippen LogP contribution in [0.25, 0.3) is 0 Å². The molecule has 3 N–H and O–H groups in total. The van der Waals surface area contributed by atoms with Gasteiger partial charge in [0.2, 0.25) is 0 Å². The van der Waals surface area contributed by atoms with E-state index < -0.39 is 0 Å². The Bertz CT molecular complexity index is 707. The molecule has 0 spiro atoms. The van der Waals surface area contributed by atoms with E-state index in [1.807, 2.05) is 26.2 Å². The lowest BCUT2D eigenvalue weighted by Gasteiger charge is -2.02. The average Bonchev–Trinajstić information content (AvgIpc) is 2.86. The minimum atomic E-state index is -0.130. The van der Waals surface area contributed by atoms with E-state index in [-0.39, 0.29) is 11.5 Å². The third-order valence-electron chi connectivity index (χ3n) is 2.93. The number of ketones is 1. The SMILES string of the molecule is CC(=O)c1sc(NCc2cn(C)nc2C)c(C#N)c1N. The number of aromatic nitrogens is 2. The number of carbonyl (C=O) groups is 1. The fraction of sp³-hybridized carbons (Fsp3) is 0.308. The van der Waals surface area contributed by atoms with E-state index in [0.29, 0.717) is 22.0 Å². The number of nitrogens with one attached hydrogen (secondary N) is 1. The predicted octanol–water partition coefficient (Wildman–Crippen LogP) is 2.06. The molecule has 6 nitrogen and oxygen atoms in total. The third kappa shape index (κ3) is 2.51. The van der Waals surface area contributed by atoms with Crippen LogP contribution in [0.3, 0.4) is 0 Å². The van der Waals surface area contributed by atoms with Crippen molar-refractivity contribution in [3.63, 3.8) is 0 Å². The average molecular weight is 289 g/mol. The van der Waals surface area contributed by atoms with Gasteiger partial charge in [0.15, 0.2) is 5.78 Å². The summed E-state index contributed by atoms with van der Waals surface area (Å²) in [5.41, 5.74) is 8.38. The Morgan fingerprint density at radius 3 is 2.85 bits per heavy atom. The van der Waals surface area contributed by atoms with Crippen molar-refractivity contribution in [3.8, 4) is 6.07 Å². The van der Waals surface area contributed by atoms with Gasteiger partial charge in [-0.2, -0.15) is 10.4 Å². The van der Waals surface area contributed by atoms with E-state index in [1.54, 1.807) is 4.68 Å². The molecule has 0 atom stereocenters. The third-order valence-corrected chi connectivity index (χ3v) is 4.20. The van der Waals surface area contributed by atoms with Crippen LogP contribution in [0.4, 0.5) is 10.7 Å². The number of carbonyl (C=O) groups excluding carboxylic acids is 1. The molecule has 0 aliphatic rings. The van der Waals surface area contributed by atoms with Gasteiger partial charge in [-0.05, 0) is 6.92 Å². The predicted molar refractivity (Wildman–Crippen MR) is 78.7 cm³/mol. The molecule has 20 heavy (non-hydrogen) atoms. The molecule has 0 saturated heterocycles. The first kappa shape index (κ1) is 14.1. The van der Waals surface area contributed by atoms with Crippen LogP contribution in [0.5, 0.6) is 0 Å². The lowest BCUT2D eigenvalue weighted by Crippen LogP contribution is -2.00. The van der Waals surface area contributed by atoms with Gasteiger partial charge < -0.3 is 11.1 Å². The zero-order chi connectivity index (χ0) is 14.9. The van der Waals surface area contributed by atoms with E-state index in [4.69, 9.17) is 11.0 Å². The number of rotatable bonds is 4. The van der Waals surface area contributed by atoms with E-state index in [1.165, 1.54) is 18.3 Å². The Kier molecular flexibility index (Phi) is 3.77. The van der Waals surface area contributed by atoms with Crippen LogP contribution in [0.1, 0.15) is 33.4 Å². The quantitative estimate of drug-likeness (QED) is 0.840. The second kappa shape index (κ2) is 5.35. The van der Waals surface area contributed by atoms with Crippen molar-refractivity contribution in [2.24, 2.45) is 7.05 Å². The first-order valence-corrected chi connectivity index (χ1v) is 6.82. The van der Waals surface area contributed by atoms with E-state index in [0.717, 1.165) is 11.3 Å². The molecular weight excluding hydrogens is 274 g/mol. The Morgan fingerprint density at radius 2 is 2.35 bits per heavy atom. The van der Waals surface area contributed by atoms with Crippen LogP contribution in [0.15, 0.2) is 6.20 Å². The lowest BCUT2D eigenvalue weighted by atomic mass is 10.2. The van der Waals surface area contributed by atoms with Gasteiger partial charge in [-0.15, -0.1) is 11.3 Å². The number of aryl methyl sites for hydroxylation is 2. The standard InChI is InChI=1S/C13H15N5OS/c1-7-9(6-18(3)17-7)5-16-13-10(4-14)11(15)12(20-13)8(2)19/h6,16H,5,15H2,1-3H3. The Morgan fingerprint density at radius 1 is 1.65 bits per heavy atom. The Hall–Kier alpha value is -2.33. The van der Waals surface area contributed by atoms with Gasteiger partial charge in [0.1, 0.15) is 16.6 Å². The first-order chi connectivity index (χ1) is 9.43. The van der Waals surface area contributed by atoms with Crippen molar-refractivity contribution in [1.82, 2.24) is 9.78 Å². The van der Waals surface area contributed by atoms with Gasteiger partial charge in [0, 0.05) is 32.3 Å². The van der Waals surface area contributed by atoms with Gasteiger partial charge in [0.25, 0.3) is 0 Å². The second-order valence-corrected chi connectivity index (χ2v) is 5.50. The van der Waals surface area contributed by atoms with Gasteiger partial charge in [-0.3, -0.25) is 9.48 Å². The molecule has 2 rings (SSSR count). The molecule has 0 unspecified atom stereocenters. The highest BCUT2D eigenvalue weighted by Gasteiger charge is 2.18. The highest BCUT2D eigenvalue weighted by Crippen LogP contribution is 2.35. The van der Waals surface area contributed by atoms with Gasteiger partial charge >= 0.3 is 0 Å². The van der Waals surface area contributed by atoms with Crippen molar-refractivity contribution in [3.05, 3.63) is 27.9 Å². The van der Waals surface area contributed by atoms with E-state index >= 15 is 0 Å². The molecule has 0 amide bonds. The van der Waals surface area contributed by atoms with Crippen molar-refractivity contribution < 1.29 is 4.79 Å². The summed E-state index contributed by atoms with van der Waals surface area (Å²) in [7, 11) is 1.86. The number of Topliss-reactive ketones (excluding diaryl/α,β-unsaturated/α-hetero) is 1. The van der Waals surface area contributed by atoms with Crippen LogP contribution in [0.2, 0.25) is 0 Å². The van der Waals surface area contributed by atoms with E-state index in [9.17, 15) is 4.79 Å². The molecule has 0 fully saturated rings. The molecule has 104 valence electrons. The number of hydrogen-bond acceptors (Lipinski definition) is 6. The summed E-state index contributed by atoms with van der Waals surface area (Å²) in [6, 6.07) is 2.05. The van der Waals surface area contributed by atoms with Crippen molar-refractivity contribution in [2.75, 3.05) is 11.1 Å². The highest BCUT2D eigenvalue weighted by atomic mass is 32.1. The van der Waals surface area contributed by atoms with Crippen molar-refractivity contribution in [2.45, 2.75) is 20.4 Å². The first-order valence-electron chi connectivity index (χ1n) is 6.00. The molecule has 2 aromatic rings. The number of nitrogen functional groups attached to an aromatic ring is 1. The van der Waals surface area contributed by atoms with Crippen molar-refractivity contribution in [1.29, 1.82) is 5.26 Å². The van der Waals surface area contributed by atoms with Gasteiger partial charge in [-0.1, -0.05) is 0 Å². The summed E-state index contributed by atoms with van der Waals surface area (Å²) in [5.74, 6) is -0.130. The summed E-state index contributed by atoms with van der Waals surface area (Å²) >= 11 is 1.22. The topological polar surface area (TPSA) is 96.7 Å². The highest BCUT2D eigenvalue weighted by molar-refractivity contribution is 7.18. The molecule has 2 aromatic heterocycles. The minimum Gasteiger partial charge on any atom is -0.396 e. The molecule has 0 radical (unpaired) electrons. The molecule has 0 bridgehead atoms. The van der Waals surface area contributed by atoms with Crippen LogP contribution in [0, 0.1) is 18.3 Å². The number of nitriles is 1. The fourth-order valence-corrected chi connectivity index (χ4v) is 2.90. The number of anilines is 2. The Labute approximate surface area is 120 Å². The largest absolute Gasteiger partial charge is 0.396 e.